The van der Waals surface area contributed by atoms with Crippen LogP contribution in [0.1, 0.15) is 39.6 Å². The van der Waals surface area contributed by atoms with Crippen molar-refractivity contribution in [2.24, 2.45) is 0 Å². The van der Waals surface area contributed by atoms with Gasteiger partial charge in [-0.2, -0.15) is 5.10 Å². The lowest BCUT2D eigenvalue weighted by molar-refractivity contribution is 0.102. The molecule has 1 N–H and O–H groups in total. The van der Waals surface area contributed by atoms with Crippen LogP contribution in [0.15, 0.2) is 48.5 Å². The molecule has 6 nitrogen and oxygen atoms in total. The van der Waals surface area contributed by atoms with Gasteiger partial charge in [0, 0.05) is 11.3 Å². The molecule has 0 unspecified atom stereocenters. The summed E-state index contributed by atoms with van der Waals surface area (Å²) in [4.78, 5) is 12.9. The molecular weight excluding hydrogens is 398 g/mol. The van der Waals surface area contributed by atoms with Crippen LogP contribution >= 0.6 is 0 Å². The first-order chi connectivity index (χ1) is 14.2. The maximum absolute atomic E-state index is 12.9. The summed E-state index contributed by atoms with van der Waals surface area (Å²) < 4.78 is 25.8. The van der Waals surface area contributed by atoms with Gasteiger partial charge in [0.25, 0.3) is 5.91 Å². The average molecular weight is 424 g/mol. The van der Waals surface area contributed by atoms with Crippen molar-refractivity contribution < 1.29 is 13.2 Å². The number of nitrogens with zero attached hydrogens (tertiary/aromatic N) is 2. The smallest absolute Gasteiger partial charge is 0.276 e. The fourth-order valence-corrected chi connectivity index (χ4v) is 5.39. The van der Waals surface area contributed by atoms with Gasteiger partial charge in [0.1, 0.15) is 0 Å². The molecule has 2 heterocycles. The van der Waals surface area contributed by atoms with E-state index in [-0.39, 0.29) is 29.1 Å². The Kier molecular flexibility index (Phi) is 5.24. The van der Waals surface area contributed by atoms with Crippen LogP contribution in [0.2, 0.25) is 0 Å². The lowest BCUT2D eigenvalue weighted by Crippen LogP contribution is -2.16. The summed E-state index contributed by atoms with van der Waals surface area (Å²) in [5.74, 6) is -0.121. The lowest BCUT2D eigenvalue weighted by atomic mass is 10.0. The zero-order valence-corrected chi connectivity index (χ0v) is 18.2. The summed E-state index contributed by atoms with van der Waals surface area (Å²) in [5.41, 5.74) is 6.05. The number of amides is 1. The standard InChI is InChI=1S/C23H25N3O3S/c1-15-4-8-19(9-5-15)24-23(27)21-13-22(18-7-6-16(2)17(3)12-18)26(25-21)20-10-11-30(28,29)14-20/h4-9,12-13,20H,10-11,14H2,1-3H3,(H,24,27)/t20-/m0/s1. The van der Waals surface area contributed by atoms with E-state index in [1.54, 1.807) is 10.7 Å². The number of hydrogen-bond donors (Lipinski definition) is 1. The fourth-order valence-electron chi connectivity index (χ4n) is 3.70. The van der Waals surface area contributed by atoms with Gasteiger partial charge in [-0.1, -0.05) is 29.8 Å². The molecule has 0 saturated carbocycles. The van der Waals surface area contributed by atoms with Crippen LogP contribution < -0.4 is 5.32 Å². The molecule has 1 aliphatic rings. The predicted molar refractivity (Wildman–Crippen MR) is 119 cm³/mol. The van der Waals surface area contributed by atoms with Crippen LogP contribution in [0.3, 0.4) is 0 Å². The molecule has 2 aromatic carbocycles. The Hall–Kier alpha value is -2.93. The summed E-state index contributed by atoms with van der Waals surface area (Å²) in [6.07, 6.45) is 0.501. The third-order valence-corrected chi connectivity index (χ3v) is 7.39. The molecule has 0 radical (unpaired) electrons. The molecular formula is C23H25N3O3S. The number of aryl methyl sites for hydroxylation is 3. The van der Waals surface area contributed by atoms with E-state index in [2.05, 4.69) is 10.4 Å². The number of hydrogen-bond acceptors (Lipinski definition) is 4. The van der Waals surface area contributed by atoms with E-state index in [1.165, 1.54) is 5.56 Å². The first kappa shape index (κ1) is 20.3. The number of aromatic nitrogens is 2. The molecule has 1 amide bonds. The van der Waals surface area contributed by atoms with Gasteiger partial charge in [-0.3, -0.25) is 9.48 Å². The second kappa shape index (κ2) is 7.72. The van der Waals surface area contributed by atoms with E-state index in [1.807, 2.05) is 63.2 Å². The number of benzene rings is 2. The van der Waals surface area contributed by atoms with Gasteiger partial charge in [-0.05, 0) is 62.6 Å². The van der Waals surface area contributed by atoms with Crippen molar-refractivity contribution in [2.45, 2.75) is 33.2 Å². The molecule has 0 spiro atoms. The summed E-state index contributed by atoms with van der Waals surface area (Å²) in [7, 11) is -3.08. The van der Waals surface area contributed by atoms with Crippen molar-refractivity contribution in [1.82, 2.24) is 9.78 Å². The lowest BCUT2D eigenvalue weighted by Gasteiger charge is -2.14. The summed E-state index contributed by atoms with van der Waals surface area (Å²) in [6, 6.07) is 15.1. The van der Waals surface area contributed by atoms with Crippen molar-refractivity contribution in [3.05, 3.63) is 70.9 Å². The Bertz CT molecular complexity index is 1210. The molecule has 1 aromatic heterocycles. The maximum Gasteiger partial charge on any atom is 0.276 e. The molecule has 1 atom stereocenters. The number of nitrogens with one attached hydrogen (secondary N) is 1. The van der Waals surface area contributed by atoms with Gasteiger partial charge in [0.05, 0.1) is 23.2 Å². The first-order valence-corrected chi connectivity index (χ1v) is 11.8. The minimum absolute atomic E-state index is 0.0472. The molecule has 7 heteroatoms. The van der Waals surface area contributed by atoms with Crippen LogP contribution in [0.5, 0.6) is 0 Å². The quantitative estimate of drug-likeness (QED) is 0.685. The van der Waals surface area contributed by atoms with E-state index >= 15 is 0 Å². The van der Waals surface area contributed by atoms with Crippen molar-refractivity contribution in [1.29, 1.82) is 0 Å². The van der Waals surface area contributed by atoms with Gasteiger partial charge in [-0.15, -0.1) is 0 Å². The minimum Gasteiger partial charge on any atom is -0.321 e. The molecule has 30 heavy (non-hydrogen) atoms. The van der Waals surface area contributed by atoms with Crippen LogP contribution in [0, 0.1) is 20.8 Å². The monoisotopic (exact) mass is 423 g/mol. The van der Waals surface area contributed by atoms with Gasteiger partial charge >= 0.3 is 0 Å². The third kappa shape index (κ3) is 4.16. The number of rotatable bonds is 4. The van der Waals surface area contributed by atoms with Crippen molar-refractivity contribution >= 4 is 21.4 Å². The summed E-state index contributed by atoms with van der Waals surface area (Å²) >= 11 is 0. The van der Waals surface area contributed by atoms with Gasteiger partial charge in [0.15, 0.2) is 15.5 Å². The second-order valence-electron chi connectivity index (χ2n) is 8.04. The Morgan fingerprint density at radius 3 is 2.40 bits per heavy atom. The van der Waals surface area contributed by atoms with E-state index in [4.69, 9.17) is 0 Å². The highest BCUT2D eigenvalue weighted by Crippen LogP contribution is 2.31. The SMILES string of the molecule is Cc1ccc(NC(=O)c2cc(-c3ccc(C)c(C)c3)n([C@H]3CCS(=O)(=O)C3)n2)cc1. The molecule has 1 saturated heterocycles. The Morgan fingerprint density at radius 2 is 1.77 bits per heavy atom. The number of sulfone groups is 1. The molecule has 1 aliphatic heterocycles. The molecule has 1 fully saturated rings. The second-order valence-corrected chi connectivity index (χ2v) is 10.3. The zero-order valence-electron chi connectivity index (χ0n) is 17.3. The van der Waals surface area contributed by atoms with Gasteiger partial charge in [-0.25, -0.2) is 8.42 Å². The topological polar surface area (TPSA) is 81.1 Å². The summed E-state index contributed by atoms with van der Waals surface area (Å²) in [6.45, 7) is 6.06. The maximum atomic E-state index is 12.9. The van der Waals surface area contributed by atoms with Crippen molar-refractivity contribution in [2.75, 3.05) is 16.8 Å². The number of anilines is 1. The third-order valence-electron chi connectivity index (χ3n) is 5.63. The molecule has 0 aliphatic carbocycles. The van der Waals surface area contributed by atoms with Crippen molar-refractivity contribution in [3.8, 4) is 11.3 Å². The molecule has 156 valence electrons. The number of carbonyl (C=O) groups excluding carboxylic acids is 1. The number of carbonyl (C=O) groups is 1. The average Bonchev–Trinajstić information content (AvgIpc) is 3.29. The van der Waals surface area contributed by atoms with E-state index in [0.29, 0.717) is 12.1 Å². The predicted octanol–water partition coefficient (Wildman–Crippen LogP) is 4.09. The Morgan fingerprint density at radius 1 is 1.03 bits per heavy atom. The molecule has 4 rings (SSSR count). The van der Waals surface area contributed by atoms with E-state index in [0.717, 1.165) is 22.4 Å². The molecule has 0 bridgehead atoms. The van der Waals surface area contributed by atoms with Gasteiger partial charge in [0.2, 0.25) is 0 Å². The van der Waals surface area contributed by atoms with Crippen LogP contribution in [-0.4, -0.2) is 35.6 Å². The minimum atomic E-state index is -3.08. The van der Waals surface area contributed by atoms with Crippen LogP contribution in [0.4, 0.5) is 5.69 Å². The fraction of sp³-hybridized carbons (Fsp3) is 0.304. The highest BCUT2D eigenvalue weighted by atomic mass is 32.2. The van der Waals surface area contributed by atoms with Crippen molar-refractivity contribution in [3.63, 3.8) is 0 Å². The van der Waals surface area contributed by atoms with E-state index < -0.39 is 9.84 Å². The largest absolute Gasteiger partial charge is 0.321 e. The van der Waals surface area contributed by atoms with Crippen LogP contribution in [0.25, 0.3) is 11.3 Å². The van der Waals surface area contributed by atoms with Gasteiger partial charge < -0.3 is 5.32 Å². The normalized spacial score (nSPS) is 17.8. The Balaban J connectivity index is 1.72. The van der Waals surface area contributed by atoms with Crippen LogP contribution in [-0.2, 0) is 9.84 Å². The highest BCUT2D eigenvalue weighted by Gasteiger charge is 2.32. The summed E-state index contributed by atoms with van der Waals surface area (Å²) in [5, 5.41) is 7.41. The molecule has 3 aromatic rings. The Labute approximate surface area is 176 Å². The van der Waals surface area contributed by atoms with E-state index in [9.17, 15) is 13.2 Å². The first-order valence-electron chi connectivity index (χ1n) is 9.97. The highest BCUT2D eigenvalue weighted by molar-refractivity contribution is 7.91. The zero-order chi connectivity index (χ0) is 21.5.